The molecule has 0 rings (SSSR count). The van der Waals surface area contributed by atoms with E-state index in [1.807, 2.05) is 0 Å². The number of rotatable bonds is 12. The van der Waals surface area contributed by atoms with Gasteiger partial charge in [0.25, 0.3) is 0 Å². The van der Waals surface area contributed by atoms with Gasteiger partial charge in [0.1, 0.15) is 5.49 Å². The fourth-order valence-electron chi connectivity index (χ4n) is 1.75. The Morgan fingerprint density at radius 1 is 0.800 bits per heavy atom. The zero-order valence-electron chi connectivity index (χ0n) is 10.2. The second-order valence-corrected chi connectivity index (χ2v) is 4.41. The minimum Gasteiger partial charge on any atom is -0.374 e. The lowest BCUT2D eigenvalue weighted by atomic mass is 10.1. The standard InChI is InChI=1S/C13H26NS/c1-2-3-4-5-6-7-8-9-10-11-12-14-13-15/h2-12H2,1H3,(H,14,15). The van der Waals surface area contributed by atoms with Crippen LogP contribution in [0.25, 0.3) is 0 Å². The lowest BCUT2D eigenvalue weighted by Gasteiger charge is -2.02. The highest BCUT2D eigenvalue weighted by atomic mass is 32.1. The van der Waals surface area contributed by atoms with Crippen LogP contribution in [0.1, 0.15) is 71.1 Å². The SMILES string of the molecule is CCCCCCCCCCCCN[C]=S. The lowest BCUT2D eigenvalue weighted by Crippen LogP contribution is -2.10. The van der Waals surface area contributed by atoms with Gasteiger partial charge in [0, 0.05) is 6.54 Å². The molecule has 0 aliphatic rings. The van der Waals surface area contributed by atoms with E-state index < -0.39 is 0 Å². The summed E-state index contributed by atoms with van der Waals surface area (Å²) in [6.45, 7) is 3.27. The molecule has 0 saturated heterocycles. The normalized spacial score (nSPS) is 10.2. The molecule has 2 heteroatoms. The Bertz CT molecular complexity index is 126. The largest absolute Gasteiger partial charge is 0.374 e. The van der Waals surface area contributed by atoms with Crippen LogP contribution >= 0.6 is 12.2 Å². The van der Waals surface area contributed by atoms with Crippen molar-refractivity contribution in [2.24, 2.45) is 0 Å². The van der Waals surface area contributed by atoms with E-state index in [1.165, 1.54) is 64.2 Å². The molecule has 89 valence electrons. The maximum atomic E-state index is 4.56. The highest BCUT2D eigenvalue weighted by molar-refractivity contribution is 7.78. The van der Waals surface area contributed by atoms with Crippen molar-refractivity contribution in [3.05, 3.63) is 0 Å². The predicted molar refractivity (Wildman–Crippen MR) is 72.4 cm³/mol. The quantitative estimate of drug-likeness (QED) is 0.303. The van der Waals surface area contributed by atoms with E-state index in [0.717, 1.165) is 6.54 Å². The van der Waals surface area contributed by atoms with Crippen molar-refractivity contribution in [1.82, 2.24) is 5.32 Å². The van der Waals surface area contributed by atoms with Crippen molar-refractivity contribution < 1.29 is 0 Å². The molecular weight excluding hydrogens is 202 g/mol. The molecule has 15 heavy (non-hydrogen) atoms. The molecule has 0 heterocycles. The highest BCUT2D eigenvalue weighted by Gasteiger charge is 1.91. The number of hydrogen-bond donors (Lipinski definition) is 1. The summed E-state index contributed by atoms with van der Waals surface area (Å²) in [7, 11) is 0. The molecule has 0 spiro atoms. The van der Waals surface area contributed by atoms with Crippen LogP contribution in [0.4, 0.5) is 0 Å². The van der Waals surface area contributed by atoms with Crippen molar-refractivity contribution in [2.45, 2.75) is 71.1 Å². The van der Waals surface area contributed by atoms with Crippen molar-refractivity contribution in [2.75, 3.05) is 6.54 Å². The molecule has 1 radical (unpaired) electrons. The molecule has 1 N–H and O–H groups in total. The van der Waals surface area contributed by atoms with Crippen LogP contribution in [0, 0.1) is 0 Å². The molecule has 1 nitrogen and oxygen atoms in total. The molecule has 0 aliphatic heterocycles. The molecule has 0 aliphatic carbocycles. The summed E-state index contributed by atoms with van der Waals surface area (Å²) in [6.07, 6.45) is 13.9. The van der Waals surface area contributed by atoms with Crippen LogP contribution in [0.5, 0.6) is 0 Å². The Hall–Kier alpha value is -0.110. The minimum absolute atomic E-state index is 1.00. The third-order valence-corrected chi connectivity index (χ3v) is 2.87. The first-order valence-corrected chi connectivity index (χ1v) is 6.92. The fourth-order valence-corrected chi connectivity index (χ4v) is 1.85. The molecule has 0 bridgehead atoms. The van der Waals surface area contributed by atoms with E-state index in [-0.39, 0.29) is 0 Å². The fraction of sp³-hybridized carbons (Fsp3) is 0.923. The van der Waals surface area contributed by atoms with Gasteiger partial charge < -0.3 is 5.32 Å². The molecule has 0 unspecified atom stereocenters. The summed E-state index contributed by atoms with van der Waals surface area (Å²) < 4.78 is 0. The summed E-state index contributed by atoms with van der Waals surface area (Å²) in [4.78, 5) is 0. The maximum Gasteiger partial charge on any atom is 0.134 e. The molecule has 0 saturated carbocycles. The molecule has 0 atom stereocenters. The number of unbranched alkanes of at least 4 members (excludes halogenated alkanes) is 9. The molecule has 0 aromatic carbocycles. The van der Waals surface area contributed by atoms with Gasteiger partial charge in [0.05, 0.1) is 0 Å². The molecule has 0 fully saturated rings. The lowest BCUT2D eigenvalue weighted by molar-refractivity contribution is 0.555. The van der Waals surface area contributed by atoms with E-state index >= 15 is 0 Å². The Morgan fingerprint density at radius 2 is 1.27 bits per heavy atom. The Kier molecular flexibility index (Phi) is 13.8. The van der Waals surface area contributed by atoms with Crippen LogP contribution in [0.15, 0.2) is 0 Å². The second kappa shape index (κ2) is 13.9. The molecule has 0 aromatic heterocycles. The topological polar surface area (TPSA) is 12.0 Å². The summed E-state index contributed by atoms with van der Waals surface area (Å²) >= 11 is 4.56. The summed E-state index contributed by atoms with van der Waals surface area (Å²) in [5.41, 5.74) is 2.53. The van der Waals surface area contributed by atoms with Gasteiger partial charge in [-0.3, -0.25) is 0 Å². The van der Waals surface area contributed by atoms with E-state index in [0.29, 0.717) is 0 Å². The van der Waals surface area contributed by atoms with Gasteiger partial charge in [-0.1, -0.05) is 76.9 Å². The van der Waals surface area contributed by atoms with E-state index in [1.54, 1.807) is 0 Å². The van der Waals surface area contributed by atoms with E-state index in [4.69, 9.17) is 0 Å². The average Bonchev–Trinajstić information content (AvgIpc) is 2.26. The van der Waals surface area contributed by atoms with Gasteiger partial charge in [0.15, 0.2) is 0 Å². The number of thiocarbonyl (C=S) groups is 1. The van der Waals surface area contributed by atoms with Crippen LogP contribution in [-0.2, 0) is 0 Å². The Labute approximate surface area is 101 Å². The minimum atomic E-state index is 1.00. The van der Waals surface area contributed by atoms with Crippen molar-refractivity contribution in [1.29, 1.82) is 0 Å². The van der Waals surface area contributed by atoms with Crippen LogP contribution in [0.2, 0.25) is 0 Å². The smallest absolute Gasteiger partial charge is 0.134 e. The van der Waals surface area contributed by atoms with E-state index in [2.05, 4.69) is 29.9 Å². The van der Waals surface area contributed by atoms with Gasteiger partial charge in [0.2, 0.25) is 0 Å². The number of nitrogens with one attached hydrogen (secondary N) is 1. The Balaban J connectivity index is 2.83. The van der Waals surface area contributed by atoms with Gasteiger partial charge in [-0.15, -0.1) is 0 Å². The summed E-state index contributed by atoms with van der Waals surface area (Å²) in [5, 5.41) is 2.94. The van der Waals surface area contributed by atoms with Gasteiger partial charge in [-0.2, -0.15) is 0 Å². The van der Waals surface area contributed by atoms with Crippen molar-refractivity contribution in [3.63, 3.8) is 0 Å². The highest BCUT2D eigenvalue weighted by Crippen LogP contribution is 2.09. The average molecular weight is 228 g/mol. The first-order valence-electron chi connectivity index (χ1n) is 6.51. The number of hydrogen-bond acceptors (Lipinski definition) is 1. The monoisotopic (exact) mass is 228 g/mol. The Morgan fingerprint density at radius 3 is 1.73 bits per heavy atom. The molecule has 0 aromatic rings. The predicted octanol–water partition coefficient (Wildman–Crippen LogP) is 4.33. The first kappa shape index (κ1) is 14.9. The zero-order chi connectivity index (χ0) is 11.2. The second-order valence-electron chi connectivity index (χ2n) is 4.21. The maximum absolute atomic E-state index is 4.56. The van der Waals surface area contributed by atoms with Crippen LogP contribution in [0.3, 0.4) is 0 Å². The van der Waals surface area contributed by atoms with Crippen LogP contribution in [-0.4, -0.2) is 12.0 Å². The van der Waals surface area contributed by atoms with Crippen LogP contribution < -0.4 is 5.32 Å². The van der Waals surface area contributed by atoms with Crippen molar-refractivity contribution >= 4 is 17.7 Å². The summed E-state index contributed by atoms with van der Waals surface area (Å²) in [6, 6.07) is 0. The molecule has 0 amide bonds. The summed E-state index contributed by atoms with van der Waals surface area (Å²) in [5.74, 6) is 0. The third kappa shape index (κ3) is 13.9. The van der Waals surface area contributed by atoms with Gasteiger partial charge in [-0.05, 0) is 6.42 Å². The zero-order valence-corrected chi connectivity index (χ0v) is 11.0. The van der Waals surface area contributed by atoms with Crippen molar-refractivity contribution in [3.8, 4) is 0 Å². The molecular formula is C13H26NS. The van der Waals surface area contributed by atoms with Gasteiger partial charge >= 0.3 is 0 Å². The van der Waals surface area contributed by atoms with E-state index in [9.17, 15) is 0 Å². The third-order valence-electron chi connectivity index (χ3n) is 2.73. The van der Waals surface area contributed by atoms with Gasteiger partial charge in [-0.25, -0.2) is 0 Å². The first-order chi connectivity index (χ1) is 7.41.